The predicted octanol–water partition coefficient (Wildman–Crippen LogP) is 0.941. The fourth-order valence-electron chi connectivity index (χ4n) is 1.13. The van der Waals surface area contributed by atoms with Gasteiger partial charge in [0.2, 0.25) is 0 Å². The van der Waals surface area contributed by atoms with Crippen LogP contribution in [0.3, 0.4) is 0 Å². The highest BCUT2D eigenvalue weighted by Gasteiger charge is 2.13. The summed E-state index contributed by atoms with van der Waals surface area (Å²) in [4.78, 5) is 17.7. The van der Waals surface area contributed by atoms with Crippen LogP contribution in [-0.2, 0) is 6.42 Å². The summed E-state index contributed by atoms with van der Waals surface area (Å²) in [5.74, 6) is 0.169. The molecule has 0 unspecified atom stereocenters. The number of hydrogen-bond acceptors (Lipinski definition) is 3. The summed E-state index contributed by atoms with van der Waals surface area (Å²) < 4.78 is 0. The molecular formula is C9H15N3O. The Morgan fingerprint density at radius 1 is 1.54 bits per heavy atom. The van der Waals surface area contributed by atoms with Crippen LogP contribution >= 0.6 is 0 Å². The topological polar surface area (TPSA) is 71.8 Å². The van der Waals surface area contributed by atoms with Gasteiger partial charge in [0.1, 0.15) is 0 Å². The summed E-state index contributed by atoms with van der Waals surface area (Å²) in [6, 6.07) is 0. The second-order valence-electron chi connectivity index (χ2n) is 4.36. The van der Waals surface area contributed by atoms with Crippen molar-refractivity contribution in [3.63, 3.8) is 0 Å². The van der Waals surface area contributed by atoms with Gasteiger partial charge in [-0.1, -0.05) is 20.8 Å². The van der Waals surface area contributed by atoms with E-state index in [1.54, 1.807) is 6.20 Å². The lowest BCUT2D eigenvalue weighted by Crippen LogP contribution is -2.20. The molecule has 0 fully saturated rings. The Labute approximate surface area is 77.2 Å². The second kappa shape index (κ2) is 3.20. The van der Waals surface area contributed by atoms with Crippen molar-refractivity contribution in [3.8, 4) is 0 Å². The third-order valence-electron chi connectivity index (χ3n) is 1.61. The molecule has 0 saturated carbocycles. The first-order valence-electron chi connectivity index (χ1n) is 4.22. The lowest BCUT2D eigenvalue weighted by Gasteiger charge is -2.16. The Morgan fingerprint density at radius 2 is 2.15 bits per heavy atom. The number of H-pyrrole nitrogens is 1. The number of nitrogen functional groups attached to an aromatic ring is 1. The SMILES string of the molecule is CC(C)(C)Cc1cnc(N)[nH]c1=O. The minimum absolute atomic E-state index is 0.0881. The maximum Gasteiger partial charge on any atom is 0.255 e. The Hall–Kier alpha value is -1.32. The monoisotopic (exact) mass is 181 g/mol. The van der Waals surface area contributed by atoms with Crippen LogP contribution in [0.5, 0.6) is 0 Å². The number of nitrogens with one attached hydrogen (secondary N) is 1. The molecule has 0 amide bonds. The number of anilines is 1. The molecule has 72 valence electrons. The van der Waals surface area contributed by atoms with Gasteiger partial charge in [0, 0.05) is 11.8 Å². The van der Waals surface area contributed by atoms with Gasteiger partial charge in [0.15, 0.2) is 5.95 Å². The summed E-state index contributed by atoms with van der Waals surface area (Å²) in [7, 11) is 0. The summed E-state index contributed by atoms with van der Waals surface area (Å²) in [5.41, 5.74) is 5.96. The van der Waals surface area contributed by atoms with Crippen molar-refractivity contribution >= 4 is 5.95 Å². The van der Waals surface area contributed by atoms with Gasteiger partial charge in [-0.15, -0.1) is 0 Å². The summed E-state index contributed by atoms with van der Waals surface area (Å²) in [6.07, 6.45) is 2.25. The molecule has 1 heterocycles. The molecule has 1 rings (SSSR count). The molecule has 0 aromatic carbocycles. The van der Waals surface area contributed by atoms with Crippen molar-refractivity contribution in [2.45, 2.75) is 27.2 Å². The lowest BCUT2D eigenvalue weighted by atomic mass is 9.89. The van der Waals surface area contributed by atoms with E-state index >= 15 is 0 Å². The third kappa shape index (κ3) is 2.89. The van der Waals surface area contributed by atoms with E-state index in [1.165, 1.54) is 0 Å². The largest absolute Gasteiger partial charge is 0.369 e. The smallest absolute Gasteiger partial charge is 0.255 e. The molecule has 0 spiro atoms. The standard InChI is InChI=1S/C9H15N3O/c1-9(2,3)4-6-5-11-8(10)12-7(6)13/h5H,4H2,1-3H3,(H3,10,11,12,13). The van der Waals surface area contributed by atoms with Crippen LogP contribution in [0.25, 0.3) is 0 Å². The lowest BCUT2D eigenvalue weighted by molar-refractivity contribution is 0.409. The van der Waals surface area contributed by atoms with Crippen LogP contribution in [0.15, 0.2) is 11.0 Å². The number of rotatable bonds is 1. The molecule has 0 saturated heterocycles. The van der Waals surface area contributed by atoms with E-state index in [9.17, 15) is 4.79 Å². The zero-order chi connectivity index (χ0) is 10.1. The minimum Gasteiger partial charge on any atom is -0.369 e. The highest BCUT2D eigenvalue weighted by Crippen LogP contribution is 2.17. The molecule has 1 aromatic heterocycles. The molecule has 0 bridgehead atoms. The van der Waals surface area contributed by atoms with Gasteiger partial charge in [0.25, 0.3) is 5.56 Å². The van der Waals surface area contributed by atoms with Crippen molar-refractivity contribution in [2.75, 3.05) is 5.73 Å². The van der Waals surface area contributed by atoms with Crippen LogP contribution in [0.4, 0.5) is 5.95 Å². The quantitative estimate of drug-likeness (QED) is 0.677. The zero-order valence-electron chi connectivity index (χ0n) is 8.22. The highest BCUT2D eigenvalue weighted by atomic mass is 16.1. The van der Waals surface area contributed by atoms with Crippen LogP contribution in [0.1, 0.15) is 26.3 Å². The van der Waals surface area contributed by atoms with Crippen LogP contribution in [-0.4, -0.2) is 9.97 Å². The average molecular weight is 181 g/mol. The first-order valence-corrected chi connectivity index (χ1v) is 4.22. The molecular weight excluding hydrogens is 166 g/mol. The average Bonchev–Trinajstić information content (AvgIpc) is 1.93. The summed E-state index contributed by atoms with van der Waals surface area (Å²) in [5, 5.41) is 0. The Morgan fingerprint density at radius 3 is 2.62 bits per heavy atom. The molecule has 13 heavy (non-hydrogen) atoms. The molecule has 0 aliphatic rings. The van der Waals surface area contributed by atoms with Crippen molar-refractivity contribution in [1.29, 1.82) is 0 Å². The van der Waals surface area contributed by atoms with Gasteiger partial charge in [0.05, 0.1) is 0 Å². The number of hydrogen-bond donors (Lipinski definition) is 2. The molecule has 4 nitrogen and oxygen atoms in total. The fourth-order valence-corrected chi connectivity index (χ4v) is 1.13. The van der Waals surface area contributed by atoms with Crippen LogP contribution < -0.4 is 11.3 Å². The van der Waals surface area contributed by atoms with E-state index in [-0.39, 0.29) is 16.9 Å². The normalized spacial score (nSPS) is 11.6. The maximum absolute atomic E-state index is 11.3. The Kier molecular flexibility index (Phi) is 2.40. The number of aromatic nitrogens is 2. The predicted molar refractivity (Wildman–Crippen MR) is 52.4 cm³/mol. The van der Waals surface area contributed by atoms with Gasteiger partial charge in [-0.3, -0.25) is 9.78 Å². The molecule has 4 heteroatoms. The van der Waals surface area contributed by atoms with Gasteiger partial charge in [-0.25, -0.2) is 4.98 Å². The van der Waals surface area contributed by atoms with Gasteiger partial charge >= 0.3 is 0 Å². The van der Waals surface area contributed by atoms with Crippen molar-refractivity contribution in [2.24, 2.45) is 5.41 Å². The van der Waals surface area contributed by atoms with E-state index in [0.29, 0.717) is 12.0 Å². The van der Waals surface area contributed by atoms with Crippen LogP contribution in [0.2, 0.25) is 0 Å². The number of nitrogens with zero attached hydrogens (tertiary/aromatic N) is 1. The summed E-state index contributed by atoms with van der Waals surface area (Å²) in [6.45, 7) is 6.22. The molecule has 0 radical (unpaired) electrons. The molecule has 3 N–H and O–H groups in total. The third-order valence-corrected chi connectivity index (χ3v) is 1.61. The fraction of sp³-hybridized carbons (Fsp3) is 0.556. The maximum atomic E-state index is 11.3. The molecule has 0 aliphatic heterocycles. The van der Waals surface area contributed by atoms with Gasteiger partial charge < -0.3 is 5.73 Å². The highest BCUT2D eigenvalue weighted by molar-refractivity contribution is 5.18. The first-order chi connectivity index (χ1) is 5.88. The number of aromatic amines is 1. The molecule has 0 aliphatic carbocycles. The van der Waals surface area contributed by atoms with Gasteiger partial charge in [-0.2, -0.15) is 0 Å². The first kappa shape index (κ1) is 9.77. The molecule has 0 atom stereocenters. The van der Waals surface area contributed by atoms with E-state index in [1.807, 2.05) is 0 Å². The summed E-state index contributed by atoms with van der Waals surface area (Å²) >= 11 is 0. The zero-order valence-corrected chi connectivity index (χ0v) is 8.22. The van der Waals surface area contributed by atoms with Crippen LogP contribution in [0, 0.1) is 5.41 Å². The van der Waals surface area contributed by atoms with E-state index < -0.39 is 0 Å². The van der Waals surface area contributed by atoms with E-state index in [2.05, 4.69) is 30.7 Å². The van der Waals surface area contributed by atoms with E-state index in [0.717, 1.165) is 0 Å². The second-order valence-corrected chi connectivity index (χ2v) is 4.36. The van der Waals surface area contributed by atoms with Gasteiger partial charge in [-0.05, 0) is 11.8 Å². The van der Waals surface area contributed by atoms with E-state index in [4.69, 9.17) is 5.73 Å². The number of nitrogens with two attached hydrogens (primary N) is 1. The Balaban J connectivity index is 2.98. The minimum atomic E-state index is -0.137. The van der Waals surface area contributed by atoms with Crippen molar-refractivity contribution < 1.29 is 0 Å². The van der Waals surface area contributed by atoms with Crippen molar-refractivity contribution in [3.05, 3.63) is 22.1 Å². The van der Waals surface area contributed by atoms with Crippen molar-refractivity contribution in [1.82, 2.24) is 9.97 Å². The molecule has 1 aromatic rings. The Bertz CT molecular complexity index is 349.